The first kappa shape index (κ1) is 12.4. The van der Waals surface area contributed by atoms with E-state index in [2.05, 4.69) is 50.2 Å². The molecule has 19 heavy (non-hydrogen) atoms. The molecular weight excluding hydrogens is 232 g/mol. The molecule has 1 nitrogen and oxygen atoms in total. The molecule has 98 valence electrons. The summed E-state index contributed by atoms with van der Waals surface area (Å²) in [5.41, 5.74) is 6.47. The highest BCUT2D eigenvalue weighted by molar-refractivity contribution is 5.43. The molecule has 0 fully saturated rings. The van der Waals surface area contributed by atoms with E-state index in [4.69, 9.17) is 0 Å². The van der Waals surface area contributed by atoms with Gasteiger partial charge in [0.15, 0.2) is 0 Å². The van der Waals surface area contributed by atoms with E-state index in [1.54, 1.807) is 0 Å². The Balaban J connectivity index is 2.07. The number of aliphatic hydroxyl groups excluding tert-OH is 1. The smallest absolute Gasteiger partial charge is 0.0793 e. The number of fused-ring (bicyclic) bond motifs is 1. The molecule has 2 aromatic carbocycles. The van der Waals surface area contributed by atoms with Gasteiger partial charge in [-0.05, 0) is 54.5 Å². The van der Waals surface area contributed by atoms with Crippen LogP contribution in [0.2, 0.25) is 0 Å². The van der Waals surface area contributed by atoms with Crippen molar-refractivity contribution in [2.45, 2.75) is 38.7 Å². The summed E-state index contributed by atoms with van der Waals surface area (Å²) in [6, 6.07) is 15.1. The number of hydrogen-bond donors (Lipinski definition) is 1. The molecule has 1 unspecified atom stereocenters. The summed E-state index contributed by atoms with van der Waals surface area (Å²) in [6.07, 6.45) is 1.59. The van der Waals surface area contributed by atoms with Crippen LogP contribution in [0.4, 0.5) is 0 Å². The van der Waals surface area contributed by atoms with Gasteiger partial charge in [-0.2, -0.15) is 0 Å². The molecule has 1 aliphatic rings. The van der Waals surface area contributed by atoms with Crippen LogP contribution in [-0.4, -0.2) is 5.11 Å². The number of aliphatic hydroxyl groups is 1. The summed E-state index contributed by atoms with van der Waals surface area (Å²) < 4.78 is 0. The van der Waals surface area contributed by atoms with Crippen LogP contribution in [0, 0.1) is 13.8 Å². The highest BCUT2D eigenvalue weighted by Crippen LogP contribution is 2.41. The quantitative estimate of drug-likeness (QED) is 0.804. The van der Waals surface area contributed by atoms with Crippen molar-refractivity contribution in [2.75, 3.05) is 0 Å². The van der Waals surface area contributed by atoms with Crippen molar-refractivity contribution < 1.29 is 5.11 Å². The summed E-state index contributed by atoms with van der Waals surface area (Å²) in [6.45, 7) is 4.32. The van der Waals surface area contributed by atoms with Crippen molar-refractivity contribution in [3.05, 3.63) is 70.3 Å². The second kappa shape index (κ2) is 4.82. The Morgan fingerprint density at radius 1 is 0.895 bits per heavy atom. The van der Waals surface area contributed by atoms with Crippen LogP contribution in [0.25, 0.3) is 0 Å². The highest BCUT2D eigenvalue weighted by Gasteiger charge is 2.26. The third kappa shape index (κ3) is 2.19. The molecular formula is C18H20O. The first-order chi connectivity index (χ1) is 9.16. The fraction of sp³-hybridized carbons (Fsp3) is 0.333. The lowest BCUT2D eigenvalue weighted by Gasteiger charge is -2.29. The van der Waals surface area contributed by atoms with Gasteiger partial charge in [0.25, 0.3) is 0 Å². The lowest BCUT2D eigenvalue weighted by molar-refractivity contribution is 0.153. The van der Waals surface area contributed by atoms with E-state index in [1.165, 1.54) is 22.3 Å². The molecule has 2 aromatic rings. The van der Waals surface area contributed by atoms with Crippen LogP contribution < -0.4 is 0 Å². The Labute approximate surface area is 114 Å². The number of rotatable bonds is 1. The van der Waals surface area contributed by atoms with Crippen molar-refractivity contribution >= 4 is 0 Å². The molecule has 0 saturated heterocycles. The topological polar surface area (TPSA) is 20.2 Å². The largest absolute Gasteiger partial charge is 0.388 e. The van der Waals surface area contributed by atoms with Gasteiger partial charge in [-0.1, -0.05) is 42.5 Å². The Hall–Kier alpha value is -1.60. The van der Waals surface area contributed by atoms with Gasteiger partial charge in [0, 0.05) is 5.92 Å². The molecule has 0 saturated carbocycles. The molecule has 0 heterocycles. The van der Waals surface area contributed by atoms with E-state index in [-0.39, 0.29) is 6.10 Å². The zero-order valence-electron chi connectivity index (χ0n) is 11.6. The maximum absolute atomic E-state index is 10.1. The predicted molar refractivity (Wildman–Crippen MR) is 78.4 cm³/mol. The molecule has 0 aromatic heterocycles. The van der Waals surface area contributed by atoms with E-state index in [9.17, 15) is 5.11 Å². The Morgan fingerprint density at radius 2 is 1.63 bits per heavy atom. The molecule has 2 atom stereocenters. The molecule has 0 spiro atoms. The van der Waals surface area contributed by atoms with Crippen molar-refractivity contribution in [1.82, 2.24) is 0 Å². The summed E-state index contributed by atoms with van der Waals surface area (Å²) in [5.74, 6) is 0.430. The predicted octanol–water partition coefficient (Wildman–Crippen LogP) is 4.26. The maximum Gasteiger partial charge on any atom is 0.0793 e. The summed E-state index contributed by atoms with van der Waals surface area (Å²) in [7, 11) is 0. The zero-order chi connectivity index (χ0) is 13.4. The van der Waals surface area contributed by atoms with E-state index < -0.39 is 0 Å². The third-order valence-electron chi connectivity index (χ3n) is 4.39. The van der Waals surface area contributed by atoms with E-state index in [0.717, 1.165) is 18.4 Å². The Kier molecular flexibility index (Phi) is 3.16. The standard InChI is InChI=1S/C18H20O/c1-12-7-8-14(11-13(12)2)15-9-10-18(19)17-6-4-3-5-16(15)17/h3-8,11,15,18-19H,9-10H2,1-2H3/t15-,18?/m0/s1. The van der Waals surface area contributed by atoms with Crippen molar-refractivity contribution in [1.29, 1.82) is 0 Å². The molecule has 1 heteroatoms. The molecule has 0 amide bonds. The Morgan fingerprint density at radius 3 is 2.37 bits per heavy atom. The van der Waals surface area contributed by atoms with Crippen LogP contribution in [-0.2, 0) is 0 Å². The molecule has 0 aliphatic heterocycles. The van der Waals surface area contributed by atoms with Crippen molar-refractivity contribution in [3.63, 3.8) is 0 Å². The molecule has 0 radical (unpaired) electrons. The third-order valence-corrected chi connectivity index (χ3v) is 4.39. The second-order valence-corrected chi connectivity index (χ2v) is 5.62. The minimum Gasteiger partial charge on any atom is -0.388 e. The van der Waals surface area contributed by atoms with Crippen LogP contribution in [0.5, 0.6) is 0 Å². The normalized spacial score (nSPS) is 22.1. The highest BCUT2D eigenvalue weighted by atomic mass is 16.3. The second-order valence-electron chi connectivity index (χ2n) is 5.62. The van der Waals surface area contributed by atoms with Gasteiger partial charge in [0.2, 0.25) is 0 Å². The van der Waals surface area contributed by atoms with Crippen LogP contribution in [0.1, 0.15) is 52.7 Å². The van der Waals surface area contributed by atoms with E-state index in [1.807, 2.05) is 6.07 Å². The zero-order valence-corrected chi connectivity index (χ0v) is 11.6. The lowest BCUT2D eigenvalue weighted by atomic mass is 9.77. The average Bonchev–Trinajstić information content (AvgIpc) is 2.43. The van der Waals surface area contributed by atoms with Gasteiger partial charge in [-0.25, -0.2) is 0 Å². The van der Waals surface area contributed by atoms with Gasteiger partial charge in [-0.15, -0.1) is 0 Å². The first-order valence-electron chi connectivity index (χ1n) is 7.01. The minimum absolute atomic E-state index is 0.293. The van der Waals surface area contributed by atoms with Gasteiger partial charge in [0.1, 0.15) is 0 Å². The number of aryl methyl sites for hydroxylation is 2. The Bertz CT molecular complexity index is 600. The molecule has 1 aliphatic carbocycles. The monoisotopic (exact) mass is 252 g/mol. The van der Waals surface area contributed by atoms with Crippen LogP contribution in [0.3, 0.4) is 0 Å². The van der Waals surface area contributed by atoms with Gasteiger partial charge < -0.3 is 5.11 Å². The molecule has 3 rings (SSSR count). The fourth-order valence-corrected chi connectivity index (χ4v) is 3.09. The summed E-state index contributed by atoms with van der Waals surface area (Å²) >= 11 is 0. The maximum atomic E-state index is 10.1. The minimum atomic E-state index is -0.293. The lowest BCUT2D eigenvalue weighted by Crippen LogP contribution is -2.15. The van der Waals surface area contributed by atoms with Crippen LogP contribution in [0.15, 0.2) is 42.5 Å². The van der Waals surface area contributed by atoms with Crippen molar-refractivity contribution in [2.24, 2.45) is 0 Å². The summed E-state index contributed by atoms with van der Waals surface area (Å²) in [5, 5.41) is 10.1. The van der Waals surface area contributed by atoms with Crippen LogP contribution >= 0.6 is 0 Å². The molecule has 1 N–H and O–H groups in total. The van der Waals surface area contributed by atoms with E-state index in [0.29, 0.717) is 5.92 Å². The number of benzene rings is 2. The van der Waals surface area contributed by atoms with Gasteiger partial charge >= 0.3 is 0 Å². The number of hydrogen-bond acceptors (Lipinski definition) is 1. The first-order valence-corrected chi connectivity index (χ1v) is 7.01. The van der Waals surface area contributed by atoms with E-state index >= 15 is 0 Å². The summed E-state index contributed by atoms with van der Waals surface area (Å²) in [4.78, 5) is 0. The SMILES string of the molecule is Cc1ccc([C@@H]2CCC(O)c3ccccc32)cc1C. The average molecular weight is 252 g/mol. The van der Waals surface area contributed by atoms with Gasteiger partial charge in [0.05, 0.1) is 6.10 Å². The van der Waals surface area contributed by atoms with Gasteiger partial charge in [-0.3, -0.25) is 0 Å². The molecule has 0 bridgehead atoms. The van der Waals surface area contributed by atoms with Crippen molar-refractivity contribution in [3.8, 4) is 0 Å². The fourth-order valence-electron chi connectivity index (χ4n) is 3.09.